The highest BCUT2D eigenvalue weighted by molar-refractivity contribution is 5.42. The minimum atomic E-state index is -1.48. The molecule has 2 rings (SSSR count). The molecule has 0 amide bonds. The van der Waals surface area contributed by atoms with Gasteiger partial charge in [-0.15, -0.1) is 0 Å². The highest BCUT2D eigenvalue weighted by Crippen LogP contribution is 2.21. The molecule has 0 aliphatic carbocycles. The first-order valence-electron chi connectivity index (χ1n) is 7.59. The average molecular weight is 342 g/mol. The Kier molecular flexibility index (Phi) is 7.47. The Bertz CT molecular complexity index is 726. The summed E-state index contributed by atoms with van der Waals surface area (Å²) < 4.78 is 10.4. The van der Waals surface area contributed by atoms with Crippen molar-refractivity contribution in [3.63, 3.8) is 0 Å². The van der Waals surface area contributed by atoms with Gasteiger partial charge in [-0.05, 0) is 35.8 Å². The summed E-state index contributed by atoms with van der Waals surface area (Å²) in [5, 5.41) is 38.1. The lowest BCUT2D eigenvalue weighted by Crippen LogP contribution is -2.59. The highest BCUT2D eigenvalue weighted by atomic mass is 16.7. The quantitative estimate of drug-likeness (QED) is 0.519. The third kappa shape index (κ3) is 5.60. The molecular weight excluding hydrogens is 324 g/mol. The number of hydrogen-bond donors (Lipinski definition) is 4. The van der Waals surface area contributed by atoms with Crippen molar-refractivity contribution in [2.24, 2.45) is 0 Å². The molecule has 1 aliphatic heterocycles. The Morgan fingerprint density at radius 1 is 0.920 bits per heavy atom. The molecule has 0 spiro atoms. The molecule has 0 aromatic heterocycles. The van der Waals surface area contributed by atoms with Crippen molar-refractivity contribution in [2.45, 2.75) is 30.7 Å². The van der Waals surface area contributed by atoms with Gasteiger partial charge >= 0.3 is 0 Å². The number of aliphatic hydroxyl groups is 4. The van der Waals surface area contributed by atoms with Crippen molar-refractivity contribution in [1.82, 2.24) is 0 Å². The van der Waals surface area contributed by atoms with E-state index in [2.05, 4.69) is 35.5 Å². The van der Waals surface area contributed by atoms with Gasteiger partial charge in [0, 0.05) is 5.56 Å². The van der Waals surface area contributed by atoms with Crippen molar-refractivity contribution in [2.75, 3.05) is 13.2 Å². The summed E-state index contributed by atoms with van der Waals surface area (Å²) in [5.41, 5.74) is 0.857. The van der Waals surface area contributed by atoms with Gasteiger partial charge in [-0.2, -0.15) is 0 Å². The Morgan fingerprint density at radius 2 is 1.64 bits per heavy atom. The van der Waals surface area contributed by atoms with Gasteiger partial charge in [0.1, 0.15) is 31.0 Å². The molecule has 0 unspecified atom stereocenters. The zero-order valence-electron chi connectivity index (χ0n) is 13.3. The zero-order valence-corrected chi connectivity index (χ0v) is 13.3. The van der Waals surface area contributed by atoms with E-state index in [1.165, 1.54) is 0 Å². The van der Waals surface area contributed by atoms with Gasteiger partial charge in [0.15, 0.2) is 6.29 Å². The Hall–Kier alpha value is -2.34. The normalized spacial score (nSPS) is 27.8. The van der Waals surface area contributed by atoms with Crippen LogP contribution in [0.2, 0.25) is 0 Å². The lowest BCUT2D eigenvalue weighted by atomic mass is 9.99. The fraction of sp³-hybridized carbons (Fsp3) is 0.368. The van der Waals surface area contributed by atoms with E-state index in [0.29, 0.717) is 0 Å². The van der Waals surface area contributed by atoms with E-state index >= 15 is 0 Å². The van der Waals surface area contributed by atoms with Crippen LogP contribution < -0.4 is 0 Å². The second-order valence-corrected chi connectivity index (χ2v) is 5.18. The third-order valence-corrected chi connectivity index (χ3v) is 3.42. The van der Waals surface area contributed by atoms with Crippen molar-refractivity contribution >= 4 is 0 Å². The van der Waals surface area contributed by atoms with E-state index in [0.717, 1.165) is 5.56 Å². The van der Waals surface area contributed by atoms with Gasteiger partial charge < -0.3 is 29.9 Å². The first kappa shape index (κ1) is 19.0. The van der Waals surface area contributed by atoms with Crippen LogP contribution in [0, 0.1) is 35.5 Å². The fourth-order valence-corrected chi connectivity index (χ4v) is 2.10. The molecule has 130 valence electrons. The first-order chi connectivity index (χ1) is 12.1. The predicted octanol–water partition coefficient (Wildman–Crippen LogP) is -1.14. The topological polar surface area (TPSA) is 99.4 Å². The number of aliphatic hydroxyl groups excluding tert-OH is 4. The van der Waals surface area contributed by atoms with Crippen LogP contribution in [-0.4, -0.2) is 64.3 Å². The van der Waals surface area contributed by atoms with E-state index in [1.54, 1.807) is 0 Å². The van der Waals surface area contributed by atoms with Crippen molar-refractivity contribution in [3.8, 4) is 35.5 Å². The zero-order chi connectivity index (χ0) is 18.1. The van der Waals surface area contributed by atoms with Gasteiger partial charge in [0.05, 0.1) is 6.61 Å². The first-order valence-corrected chi connectivity index (χ1v) is 7.59. The van der Waals surface area contributed by atoms with E-state index in [4.69, 9.17) is 14.6 Å². The maximum absolute atomic E-state index is 9.77. The summed E-state index contributed by atoms with van der Waals surface area (Å²) in [7, 11) is 0. The number of rotatable bonds is 3. The molecule has 6 heteroatoms. The molecule has 1 aromatic carbocycles. The van der Waals surface area contributed by atoms with Gasteiger partial charge in [0.25, 0.3) is 0 Å². The minimum absolute atomic E-state index is 0.108. The second kappa shape index (κ2) is 9.84. The van der Waals surface area contributed by atoms with Crippen molar-refractivity contribution in [1.29, 1.82) is 0 Å². The maximum Gasteiger partial charge on any atom is 0.187 e. The molecule has 1 heterocycles. The van der Waals surface area contributed by atoms with Crippen LogP contribution in [0.4, 0.5) is 0 Å². The molecule has 4 N–H and O–H groups in total. The summed E-state index contributed by atoms with van der Waals surface area (Å²) in [6.07, 6.45) is -6.54. The van der Waals surface area contributed by atoms with Gasteiger partial charge in [0.2, 0.25) is 0 Å². The standard InChI is InChI=1S/C19H18O6/c20-13-15-16(21)17(22)18(23)19(25-15)24-12-8-3-1-2-5-9-14-10-6-4-7-11-14/h4,6-7,10-11,15-23H,12-13H2/t15-,16+,17+,18-,19-/m1/s1. The van der Waals surface area contributed by atoms with Crippen LogP contribution in [0.25, 0.3) is 0 Å². The molecule has 5 atom stereocenters. The summed E-state index contributed by atoms with van der Waals surface area (Å²) in [5.74, 6) is 15.8. The molecule has 1 fully saturated rings. The van der Waals surface area contributed by atoms with E-state index in [1.807, 2.05) is 30.3 Å². The predicted molar refractivity (Wildman–Crippen MR) is 88.6 cm³/mol. The van der Waals surface area contributed by atoms with Crippen LogP contribution in [0.3, 0.4) is 0 Å². The molecule has 0 bridgehead atoms. The van der Waals surface area contributed by atoms with Gasteiger partial charge in [-0.25, -0.2) is 0 Å². The number of hydrogen-bond acceptors (Lipinski definition) is 6. The number of benzene rings is 1. The smallest absolute Gasteiger partial charge is 0.187 e. The van der Waals surface area contributed by atoms with Crippen LogP contribution in [0.15, 0.2) is 30.3 Å². The molecule has 1 aliphatic rings. The summed E-state index contributed by atoms with van der Waals surface area (Å²) in [6, 6.07) is 9.41. The molecule has 1 aromatic rings. The molecule has 6 nitrogen and oxygen atoms in total. The van der Waals surface area contributed by atoms with Gasteiger partial charge in [-0.3, -0.25) is 0 Å². The van der Waals surface area contributed by atoms with Crippen LogP contribution in [0.5, 0.6) is 0 Å². The Morgan fingerprint density at radius 3 is 2.36 bits per heavy atom. The maximum atomic E-state index is 9.77. The third-order valence-electron chi connectivity index (χ3n) is 3.42. The van der Waals surface area contributed by atoms with Crippen LogP contribution >= 0.6 is 0 Å². The number of ether oxygens (including phenoxy) is 2. The van der Waals surface area contributed by atoms with Crippen molar-refractivity contribution in [3.05, 3.63) is 35.9 Å². The van der Waals surface area contributed by atoms with Crippen molar-refractivity contribution < 1.29 is 29.9 Å². The SMILES string of the molecule is OC[C@H]1O[C@@H](OCC#CC#CC#Cc2ccccc2)[C@H](O)[C@@H](O)[C@H]1O. The molecule has 0 saturated carbocycles. The Labute approximate surface area is 146 Å². The molecule has 25 heavy (non-hydrogen) atoms. The van der Waals surface area contributed by atoms with Gasteiger partial charge in [-0.1, -0.05) is 30.0 Å². The largest absolute Gasteiger partial charge is 0.394 e. The highest BCUT2D eigenvalue weighted by Gasteiger charge is 2.43. The fourth-order valence-electron chi connectivity index (χ4n) is 2.10. The van der Waals surface area contributed by atoms with E-state index in [-0.39, 0.29) is 6.61 Å². The molecular formula is C19H18O6. The second-order valence-electron chi connectivity index (χ2n) is 5.18. The minimum Gasteiger partial charge on any atom is -0.394 e. The van der Waals surface area contributed by atoms with E-state index in [9.17, 15) is 15.3 Å². The summed E-state index contributed by atoms with van der Waals surface area (Å²) >= 11 is 0. The molecule has 1 saturated heterocycles. The average Bonchev–Trinajstić information content (AvgIpc) is 2.64. The van der Waals surface area contributed by atoms with E-state index < -0.39 is 37.3 Å². The summed E-state index contributed by atoms with van der Waals surface area (Å²) in [6.45, 7) is -0.620. The lowest BCUT2D eigenvalue weighted by Gasteiger charge is -2.39. The summed E-state index contributed by atoms with van der Waals surface area (Å²) in [4.78, 5) is 0. The van der Waals surface area contributed by atoms with Crippen LogP contribution in [0.1, 0.15) is 5.56 Å². The monoisotopic (exact) mass is 342 g/mol. The molecule has 0 radical (unpaired) electrons. The Balaban J connectivity index is 1.81. The lowest BCUT2D eigenvalue weighted by molar-refractivity contribution is -0.298. The van der Waals surface area contributed by atoms with Crippen LogP contribution in [-0.2, 0) is 9.47 Å².